The van der Waals surface area contributed by atoms with Crippen LogP contribution in [-0.2, 0) is 16.1 Å². The van der Waals surface area contributed by atoms with E-state index in [0.29, 0.717) is 26.1 Å². The van der Waals surface area contributed by atoms with Crippen molar-refractivity contribution >= 4 is 5.97 Å². The average Bonchev–Trinajstić information content (AvgIpc) is 2.38. The smallest absolute Gasteiger partial charge is 0.305 e. The van der Waals surface area contributed by atoms with E-state index in [2.05, 4.69) is 5.32 Å². The molecular weight excluding hydrogens is 218 g/mol. The largest absolute Gasteiger partial charge is 0.496 e. The monoisotopic (exact) mass is 237 g/mol. The second-order valence-corrected chi connectivity index (χ2v) is 3.56. The Morgan fingerprint density at radius 2 is 2.12 bits per heavy atom. The van der Waals surface area contributed by atoms with E-state index >= 15 is 0 Å². The molecule has 0 fully saturated rings. The number of hydrogen-bond acceptors (Lipinski definition) is 4. The summed E-state index contributed by atoms with van der Waals surface area (Å²) in [6.07, 6.45) is 0.423. The number of rotatable bonds is 7. The van der Waals surface area contributed by atoms with Crippen LogP contribution in [0.3, 0.4) is 0 Å². The minimum absolute atomic E-state index is 0.163. The number of ether oxygens (including phenoxy) is 2. The highest BCUT2D eigenvalue weighted by molar-refractivity contribution is 5.68. The molecule has 0 aliphatic carbocycles. The number of carbonyl (C=O) groups is 1. The van der Waals surface area contributed by atoms with Crippen molar-refractivity contribution < 1.29 is 14.3 Å². The van der Waals surface area contributed by atoms with Crippen LogP contribution in [0.2, 0.25) is 0 Å². The number of esters is 1. The van der Waals surface area contributed by atoms with Crippen molar-refractivity contribution in [3.8, 4) is 5.75 Å². The van der Waals surface area contributed by atoms with Crippen LogP contribution in [0.25, 0.3) is 0 Å². The first-order valence-electron chi connectivity index (χ1n) is 5.76. The van der Waals surface area contributed by atoms with Gasteiger partial charge in [0.05, 0.1) is 7.11 Å². The highest BCUT2D eigenvalue weighted by Gasteiger charge is 2.01. The van der Waals surface area contributed by atoms with Crippen molar-refractivity contribution in [3.63, 3.8) is 0 Å². The molecular formula is C13H19NO3. The van der Waals surface area contributed by atoms with Crippen LogP contribution in [-0.4, -0.2) is 26.2 Å². The Morgan fingerprint density at radius 1 is 1.35 bits per heavy atom. The van der Waals surface area contributed by atoms with Gasteiger partial charge < -0.3 is 14.8 Å². The van der Waals surface area contributed by atoms with Gasteiger partial charge in [-0.05, 0) is 6.07 Å². The van der Waals surface area contributed by atoms with E-state index in [1.54, 1.807) is 14.0 Å². The van der Waals surface area contributed by atoms with Gasteiger partial charge in [-0.2, -0.15) is 0 Å². The normalized spacial score (nSPS) is 10.0. The van der Waals surface area contributed by atoms with E-state index < -0.39 is 0 Å². The molecule has 0 heterocycles. The third-order valence-electron chi connectivity index (χ3n) is 2.34. The highest BCUT2D eigenvalue weighted by atomic mass is 16.5. The molecule has 0 saturated heterocycles. The van der Waals surface area contributed by atoms with Crippen LogP contribution >= 0.6 is 0 Å². The summed E-state index contributed by atoms with van der Waals surface area (Å²) < 4.78 is 10.2. The van der Waals surface area contributed by atoms with E-state index in [0.717, 1.165) is 11.3 Å². The third kappa shape index (κ3) is 4.87. The van der Waals surface area contributed by atoms with Gasteiger partial charge in [0.25, 0.3) is 0 Å². The molecule has 94 valence electrons. The Kier molecular flexibility index (Phi) is 6.10. The SMILES string of the molecule is CCC(=O)OCCNCc1ccccc1OC. The predicted octanol–water partition coefficient (Wildman–Crippen LogP) is 1.74. The summed E-state index contributed by atoms with van der Waals surface area (Å²) in [5.74, 6) is 0.703. The number of methoxy groups -OCH3 is 1. The quantitative estimate of drug-likeness (QED) is 0.579. The van der Waals surface area contributed by atoms with E-state index in [1.165, 1.54) is 0 Å². The molecule has 1 rings (SSSR count). The average molecular weight is 237 g/mol. The van der Waals surface area contributed by atoms with Crippen molar-refractivity contribution in [2.75, 3.05) is 20.3 Å². The van der Waals surface area contributed by atoms with Gasteiger partial charge in [-0.15, -0.1) is 0 Å². The molecule has 0 bridgehead atoms. The van der Waals surface area contributed by atoms with Crippen LogP contribution in [0.15, 0.2) is 24.3 Å². The molecule has 17 heavy (non-hydrogen) atoms. The lowest BCUT2D eigenvalue weighted by atomic mass is 10.2. The summed E-state index contributed by atoms with van der Waals surface area (Å²) in [6, 6.07) is 7.83. The molecule has 0 radical (unpaired) electrons. The van der Waals surface area contributed by atoms with Gasteiger partial charge in [0.15, 0.2) is 0 Å². The highest BCUT2D eigenvalue weighted by Crippen LogP contribution is 2.16. The van der Waals surface area contributed by atoms with Crippen molar-refractivity contribution in [1.82, 2.24) is 5.32 Å². The van der Waals surface area contributed by atoms with Gasteiger partial charge in [-0.25, -0.2) is 0 Å². The molecule has 1 aromatic rings. The molecule has 0 aliphatic rings. The van der Waals surface area contributed by atoms with E-state index in [4.69, 9.17) is 9.47 Å². The molecule has 4 heteroatoms. The number of para-hydroxylation sites is 1. The molecule has 4 nitrogen and oxygen atoms in total. The molecule has 1 aromatic carbocycles. The fourth-order valence-electron chi connectivity index (χ4n) is 1.41. The van der Waals surface area contributed by atoms with Crippen LogP contribution in [0.4, 0.5) is 0 Å². The van der Waals surface area contributed by atoms with Gasteiger partial charge in [0.2, 0.25) is 0 Å². The Hall–Kier alpha value is -1.55. The maximum Gasteiger partial charge on any atom is 0.305 e. The predicted molar refractivity (Wildman–Crippen MR) is 66.0 cm³/mol. The second kappa shape index (κ2) is 7.68. The lowest BCUT2D eigenvalue weighted by molar-refractivity contribution is -0.143. The summed E-state index contributed by atoms with van der Waals surface area (Å²) >= 11 is 0. The molecule has 0 aromatic heterocycles. The van der Waals surface area contributed by atoms with Crippen molar-refractivity contribution in [2.45, 2.75) is 19.9 Å². The molecule has 0 unspecified atom stereocenters. The Bertz CT molecular complexity index is 352. The van der Waals surface area contributed by atoms with Crippen molar-refractivity contribution in [3.05, 3.63) is 29.8 Å². The zero-order valence-electron chi connectivity index (χ0n) is 10.4. The van der Waals surface area contributed by atoms with Gasteiger partial charge >= 0.3 is 5.97 Å². The molecule has 0 aliphatic heterocycles. The van der Waals surface area contributed by atoms with E-state index in [1.807, 2.05) is 24.3 Å². The molecule has 0 atom stereocenters. The number of hydrogen-bond donors (Lipinski definition) is 1. The minimum atomic E-state index is -0.163. The maximum absolute atomic E-state index is 10.9. The standard InChI is InChI=1S/C13H19NO3/c1-3-13(15)17-9-8-14-10-11-6-4-5-7-12(11)16-2/h4-7,14H,3,8-10H2,1-2H3. The van der Waals surface area contributed by atoms with E-state index in [-0.39, 0.29) is 5.97 Å². The topological polar surface area (TPSA) is 47.6 Å². The first-order chi connectivity index (χ1) is 8.27. The lowest BCUT2D eigenvalue weighted by Crippen LogP contribution is -2.21. The zero-order chi connectivity index (χ0) is 12.5. The number of benzene rings is 1. The summed E-state index contributed by atoms with van der Waals surface area (Å²) in [4.78, 5) is 10.9. The summed E-state index contributed by atoms with van der Waals surface area (Å²) in [6.45, 7) is 3.53. The van der Waals surface area contributed by atoms with E-state index in [9.17, 15) is 4.79 Å². The first-order valence-corrected chi connectivity index (χ1v) is 5.76. The fourth-order valence-corrected chi connectivity index (χ4v) is 1.41. The van der Waals surface area contributed by atoms with Gasteiger partial charge in [-0.1, -0.05) is 25.1 Å². The maximum atomic E-state index is 10.9. The molecule has 0 amide bonds. The second-order valence-electron chi connectivity index (χ2n) is 3.56. The van der Waals surface area contributed by atoms with Gasteiger partial charge in [0, 0.05) is 25.1 Å². The summed E-state index contributed by atoms with van der Waals surface area (Å²) in [5.41, 5.74) is 1.09. The Balaban J connectivity index is 2.24. The van der Waals surface area contributed by atoms with Crippen molar-refractivity contribution in [2.24, 2.45) is 0 Å². The van der Waals surface area contributed by atoms with Crippen molar-refractivity contribution in [1.29, 1.82) is 0 Å². The van der Waals surface area contributed by atoms with Gasteiger partial charge in [-0.3, -0.25) is 4.79 Å². The lowest BCUT2D eigenvalue weighted by Gasteiger charge is -2.09. The van der Waals surface area contributed by atoms with Gasteiger partial charge in [0.1, 0.15) is 12.4 Å². The number of nitrogens with one attached hydrogen (secondary N) is 1. The van der Waals surface area contributed by atoms with Crippen LogP contribution in [0.5, 0.6) is 5.75 Å². The minimum Gasteiger partial charge on any atom is -0.496 e. The fraction of sp³-hybridized carbons (Fsp3) is 0.462. The van der Waals surface area contributed by atoms with Crippen LogP contribution < -0.4 is 10.1 Å². The van der Waals surface area contributed by atoms with Crippen LogP contribution in [0.1, 0.15) is 18.9 Å². The summed E-state index contributed by atoms with van der Waals surface area (Å²) in [7, 11) is 1.65. The Morgan fingerprint density at radius 3 is 2.82 bits per heavy atom. The molecule has 1 N–H and O–H groups in total. The Labute approximate surface area is 102 Å². The molecule has 0 saturated carbocycles. The molecule has 0 spiro atoms. The third-order valence-corrected chi connectivity index (χ3v) is 2.34. The number of carbonyl (C=O) groups excluding carboxylic acids is 1. The van der Waals surface area contributed by atoms with Crippen LogP contribution in [0, 0.1) is 0 Å². The first kappa shape index (κ1) is 13.5. The summed E-state index contributed by atoms with van der Waals surface area (Å²) in [5, 5.41) is 3.20. The zero-order valence-corrected chi connectivity index (χ0v) is 10.4.